The van der Waals surface area contributed by atoms with Crippen LogP contribution in [0.5, 0.6) is 0 Å². The first kappa shape index (κ1) is 28.6. The lowest BCUT2D eigenvalue weighted by Gasteiger charge is -2.56. The van der Waals surface area contributed by atoms with Crippen molar-refractivity contribution in [3.05, 3.63) is 66.8 Å². The number of fused-ring (bicyclic) bond motifs is 1. The molecule has 1 saturated carbocycles. The Bertz CT molecular complexity index is 1490. The van der Waals surface area contributed by atoms with Crippen LogP contribution in [-0.2, 0) is 13.5 Å². The molecular formula is C31H42BN7S. The molecule has 0 bridgehead atoms. The second kappa shape index (κ2) is 10.5. The van der Waals surface area contributed by atoms with E-state index in [1.54, 1.807) is 6.20 Å². The van der Waals surface area contributed by atoms with Crippen LogP contribution in [0.3, 0.4) is 0 Å². The molecule has 4 heterocycles. The molecule has 2 aliphatic rings. The van der Waals surface area contributed by atoms with Crippen molar-refractivity contribution in [1.82, 2.24) is 24.1 Å². The quantitative estimate of drug-likeness (QED) is 0.305. The normalized spacial score (nSPS) is 19.4. The Morgan fingerprint density at radius 1 is 1.23 bits per heavy atom. The fourth-order valence-electron chi connectivity index (χ4n) is 6.14. The number of nitrogens with one attached hydrogen (secondary N) is 1. The van der Waals surface area contributed by atoms with Gasteiger partial charge in [0, 0.05) is 72.4 Å². The zero-order valence-corrected chi connectivity index (χ0v) is 25.5. The van der Waals surface area contributed by atoms with Crippen LogP contribution in [0.4, 0.5) is 5.95 Å². The molecule has 1 N–H and O–H groups in total. The van der Waals surface area contributed by atoms with Crippen molar-refractivity contribution < 1.29 is 0 Å². The van der Waals surface area contributed by atoms with Crippen molar-refractivity contribution in [2.45, 2.75) is 70.5 Å². The number of likely N-dealkylation sites (tertiary alicyclic amines) is 1. The van der Waals surface area contributed by atoms with Crippen LogP contribution in [0, 0.1) is 10.8 Å². The van der Waals surface area contributed by atoms with E-state index in [1.807, 2.05) is 35.3 Å². The van der Waals surface area contributed by atoms with E-state index in [4.69, 9.17) is 17.9 Å². The minimum absolute atomic E-state index is 0.126. The molecule has 5 rings (SSSR count). The highest BCUT2D eigenvalue weighted by molar-refractivity contribution is 7.83. The standard InChI is InChI=1S/C31H42BN7S/c1-8-33-26-10-9-22(18-37(26)7)24-13-16-39-27(24)25(17-30(6,32)40)35-28(36-39)34-23-11-14-31(15-12-23)19-38(20-31)21(2)29(3,4)5/h8-10,13,16,18,23,40H,1-2,11-12,14-15,17,19-20H2,3-7H3,(H,34,36). The second-order valence-corrected chi connectivity index (χ2v) is 14.1. The number of aryl methyl sites for hydroxylation is 1. The van der Waals surface area contributed by atoms with Gasteiger partial charge in [0.2, 0.25) is 5.95 Å². The first-order valence-corrected chi connectivity index (χ1v) is 14.6. The first-order valence-electron chi connectivity index (χ1n) is 14.2. The van der Waals surface area contributed by atoms with Crippen LogP contribution in [0.2, 0.25) is 0 Å². The maximum atomic E-state index is 6.38. The van der Waals surface area contributed by atoms with Crippen molar-refractivity contribution in [2.75, 3.05) is 18.4 Å². The molecular weight excluding hydrogens is 513 g/mol. The number of allylic oxidation sites excluding steroid dienone is 1. The molecule has 2 fully saturated rings. The highest BCUT2D eigenvalue weighted by Gasteiger charge is 2.46. The summed E-state index contributed by atoms with van der Waals surface area (Å²) in [7, 11) is 8.35. The number of hydrogen-bond acceptors (Lipinski definition) is 6. The van der Waals surface area contributed by atoms with Crippen molar-refractivity contribution in [3.8, 4) is 11.1 Å². The summed E-state index contributed by atoms with van der Waals surface area (Å²) in [6, 6.07) is 6.48. The van der Waals surface area contributed by atoms with Gasteiger partial charge in [-0.1, -0.05) is 40.9 Å². The van der Waals surface area contributed by atoms with E-state index < -0.39 is 4.65 Å². The fourth-order valence-corrected chi connectivity index (χ4v) is 6.29. The molecule has 9 heteroatoms. The van der Waals surface area contributed by atoms with E-state index in [0.717, 1.165) is 53.8 Å². The zero-order chi connectivity index (χ0) is 28.9. The van der Waals surface area contributed by atoms with Crippen molar-refractivity contribution in [1.29, 1.82) is 0 Å². The molecule has 1 unspecified atom stereocenters. The molecule has 2 radical (unpaired) electrons. The van der Waals surface area contributed by atoms with Crippen molar-refractivity contribution >= 4 is 31.9 Å². The summed E-state index contributed by atoms with van der Waals surface area (Å²) in [6.45, 7) is 19.0. The predicted octanol–water partition coefficient (Wildman–Crippen LogP) is 5.35. The van der Waals surface area contributed by atoms with Gasteiger partial charge in [0.15, 0.2) is 0 Å². The van der Waals surface area contributed by atoms with Gasteiger partial charge in [-0.15, -0.1) is 5.10 Å². The Morgan fingerprint density at radius 3 is 2.52 bits per heavy atom. The molecule has 210 valence electrons. The number of aromatic nitrogens is 4. The zero-order valence-electron chi connectivity index (χ0n) is 24.6. The maximum Gasteiger partial charge on any atom is 0.241 e. The Hall–Kier alpha value is -2.94. The smallest absolute Gasteiger partial charge is 0.241 e. The summed E-state index contributed by atoms with van der Waals surface area (Å²) in [6.07, 6.45) is 10.8. The van der Waals surface area contributed by atoms with Crippen LogP contribution < -0.4 is 10.8 Å². The van der Waals surface area contributed by atoms with E-state index in [9.17, 15) is 0 Å². The highest BCUT2D eigenvalue weighted by Crippen LogP contribution is 2.47. The van der Waals surface area contributed by atoms with Gasteiger partial charge in [-0.2, -0.15) is 12.6 Å². The van der Waals surface area contributed by atoms with Crippen LogP contribution >= 0.6 is 12.6 Å². The van der Waals surface area contributed by atoms with Crippen molar-refractivity contribution in [3.63, 3.8) is 0 Å². The van der Waals surface area contributed by atoms with Crippen molar-refractivity contribution in [2.24, 2.45) is 22.9 Å². The molecule has 0 amide bonds. The lowest BCUT2D eigenvalue weighted by molar-refractivity contribution is -0.0174. The number of nitrogens with zero attached hydrogens (tertiary/aromatic N) is 6. The molecule has 40 heavy (non-hydrogen) atoms. The number of rotatable bonds is 7. The Labute approximate surface area is 245 Å². The largest absolute Gasteiger partial charge is 0.374 e. The minimum Gasteiger partial charge on any atom is -0.374 e. The lowest BCUT2D eigenvalue weighted by atomic mass is 9.66. The average Bonchev–Trinajstić information content (AvgIpc) is 3.27. The maximum absolute atomic E-state index is 6.38. The van der Waals surface area contributed by atoms with Gasteiger partial charge >= 0.3 is 0 Å². The number of anilines is 1. The van der Waals surface area contributed by atoms with E-state index in [0.29, 0.717) is 23.8 Å². The molecule has 3 aromatic rings. The van der Waals surface area contributed by atoms with Gasteiger partial charge in [-0.3, -0.25) is 0 Å². The first-order chi connectivity index (χ1) is 18.8. The Morgan fingerprint density at radius 2 is 1.93 bits per heavy atom. The van der Waals surface area contributed by atoms with E-state index in [2.05, 4.69) is 80.1 Å². The molecule has 7 nitrogen and oxygen atoms in total. The summed E-state index contributed by atoms with van der Waals surface area (Å²) in [5.74, 6) is 0.644. The Balaban J connectivity index is 1.36. The predicted molar refractivity (Wildman–Crippen MR) is 168 cm³/mol. The Kier molecular flexibility index (Phi) is 7.49. The van der Waals surface area contributed by atoms with Gasteiger partial charge < -0.3 is 14.8 Å². The molecule has 1 aliphatic heterocycles. The van der Waals surface area contributed by atoms with Gasteiger partial charge in [0.25, 0.3) is 0 Å². The van der Waals surface area contributed by atoms with Crippen LogP contribution in [-0.4, -0.2) is 55.7 Å². The fraction of sp³-hybridized carbons (Fsp3) is 0.516. The monoisotopic (exact) mass is 555 g/mol. The molecule has 1 saturated heterocycles. The third kappa shape index (κ3) is 5.90. The number of pyridine rings is 1. The lowest BCUT2D eigenvalue weighted by Crippen LogP contribution is -2.58. The van der Waals surface area contributed by atoms with Gasteiger partial charge in [-0.25, -0.2) is 14.5 Å². The topological polar surface area (TPSA) is 62.8 Å². The third-order valence-corrected chi connectivity index (χ3v) is 8.59. The van der Waals surface area contributed by atoms with E-state index in [1.165, 1.54) is 18.5 Å². The number of hydrogen-bond donors (Lipinski definition) is 2. The minimum atomic E-state index is -0.713. The number of thiol groups is 1. The van der Waals surface area contributed by atoms with Gasteiger partial charge in [0.1, 0.15) is 5.49 Å². The van der Waals surface area contributed by atoms with Crippen LogP contribution in [0.1, 0.15) is 59.1 Å². The van der Waals surface area contributed by atoms with Crippen LogP contribution in [0.25, 0.3) is 16.6 Å². The summed E-state index contributed by atoms with van der Waals surface area (Å²) >= 11 is 4.64. The summed E-state index contributed by atoms with van der Waals surface area (Å²) in [5.41, 5.74) is 6.56. The van der Waals surface area contributed by atoms with E-state index >= 15 is 0 Å². The third-order valence-electron chi connectivity index (χ3n) is 8.43. The summed E-state index contributed by atoms with van der Waals surface area (Å²) < 4.78 is 3.20. The van der Waals surface area contributed by atoms with E-state index in [-0.39, 0.29) is 5.41 Å². The second-order valence-electron chi connectivity index (χ2n) is 13.1. The summed E-state index contributed by atoms with van der Waals surface area (Å²) in [5, 5.41) is 8.54. The highest BCUT2D eigenvalue weighted by atomic mass is 32.1. The molecule has 3 aromatic heterocycles. The molecule has 0 aromatic carbocycles. The molecule has 1 aliphatic carbocycles. The van der Waals surface area contributed by atoms with Gasteiger partial charge in [0.05, 0.1) is 19.1 Å². The summed E-state index contributed by atoms with van der Waals surface area (Å²) in [4.78, 5) is 11.8. The SMILES string of the molecule is [B]C(C)(S)Cc1nc(NC2CCC3(CC2)CN(C(=C)C(C)(C)C)C3)nn2ccc(-c3ccc(=NC=C)n(C)c3)c12. The molecule has 1 atom stereocenters. The van der Waals surface area contributed by atoms with Gasteiger partial charge in [-0.05, 0) is 54.9 Å². The molecule has 1 spiro atoms. The van der Waals surface area contributed by atoms with Crippen LogP contribution in [0.15, 0.2) is 60.6 Å². The average molecular weight is 556 g/mol.